The molecule has 2 heterocycles. The number of fused-ring (bicyclic) bond motifs is 1. The third-order valence-electron chi connectivity index (χ3n) is 2.99. The Kier molecular flexibility index (Phi) is 4.59. The van der Waals surface area contributed by atoms with E-state index in [1.165, 1.54) is 6.26 Å². The van der Waals surface area contributed by atoms with Gasteiger partial charge in [0.25, 0.3) is 0 Å². The molecule has 0 aliphatic carbocycles. The maximum atomic E-state index is 11.2. The van der Waals surface area contributed by atoms with Crippen LogP contribution in [0.3, 0.4) is 0 Å². The summed E-state index contributed by atoms with van der Waals surface area (Å²) in [4.78, 5) is 9.96. The number of hydrogen-bond acceptors (Lipinski definition) is 6. The van der Waals surface area contributed by atoms with Gasteiger partial charge in [-0.15, -0.1) is 11.3 Å². The standard InChI is InChI=1S/C13H19N3O2S2/c1-4-11-15-12(10-5-7-19-13(10)16-11)14-9(2)6-8-20(3,17)18/h5,7,9H,4,6,8H2,1-3H3,(H,14,15,16). The normalized spacial score (nSPS) is 13.6. The van der Waals surface area contributed by atoms with Crippen molar-refractivity contribution >= 4 is 37.2 Å². The molecule has 0 spiro atoms. The molecule has 5 nitrogen and oxygen atoms in total. The lowest BCUT2D eigenvalue weighted by Crippen LogP contribution is -2.20. The molecule has 0 amide bonds. The molecule has 1 atom stereocenters. The first-order valence-electron chi connectivity index (χ1n) is 6.57. The van der Waals surface area contributed by atoms with Crippen molar-refractivity contribution in [2.75, 3.05) is 17.3 Å². The number of anilines is 1. The molecular formula is C13H19N3O2S2. The minimum atomic E-state index is -2.93. The van der Waals surface area contributed by atoms with E-state index in [1.807, 2.05) is 25.3 Å². The summed E-state index contributed by atoms with van der Waals surface area (Å²) < 4.78 is 22.4. The highest BCUT2D eigenvalue weighted by Crippen LogP contribution is 2.26. The van der Waals surface area contributed by atoms with E-state index in [1.54, 1.807) is 11.3 Å². The van der Waals surface area contributed by atoms with Gasteiger partial charge in [-0.25, -0.2) is 18.4 Å². The van der Waals surface area contributed by atoms with Gasteiger partial charge in [-0.2, -0.15) is 0 Å². The lowest BCUT2D eigenvalue weighted by Gasteiger charge is -2.15. The number of thiophene rings is 1. The van der Waals surface area contributed by atoms with E-state index in [0.717, 1.165) is 28.3 Å². The average Bonchev–Trinajstić information content (AvgIpc) is 2.83. The van der Waals surface area contributed by atoms with Gasteiger partial charge < -0.3 is 5.32 Å². The van der Waals surface area contributed by atoms with Gasteiger partial charge in [0, 0.05) is 18.7 Å². The Balaban J connectivity index is 2.17. The van der Waals surface area contributed by atoms with Crippen LogP contribution in [-0.2, 0) is 16.3 Å². The minimum absolute atomic E-state index is 0.0485. The molecule has 7 heteroatoms. The van der Waals surface area contributed by atoms with Crippen molar-refractivity contribution in [2.24, 2.45) is 0 Å². The van der Waals surface area contributed by atoms with Crippen molar-refractivity contribution in [3.05, 3.63) is 17.3 Å². The van der Waals surface area contributed by atoms with Crippen LogP contribution in [0.25, 0.3) is 10.2 Å². The van der Waals surface area contributed by atoms with E-state index < -0.39 is 9.84 Å². The summed E-state index contributed by atoms with van der Waals surface area (Å²) >= 11 is 1.59. The zero-order valence-corrected chi connectivity index (χ0v) is 13.5. The first kappa shape index (κ1) is 15.2. The number of nitrogens with zero attached hydrogens (tertiary/aromatic N) is 2. The molecular weight excluding hydrogens is 294 g/mol. The summed E-state index contributed by atoms with van der Waals surface area (Å²) in [5.74, 6) is 1.78. The smallest absolute Gasteiger partial charge is 0.147 e. The fourth-order valence-electron chi connectivity index (χ4n) is 1.86. The minimum Gasteiger partial charge on any atom is -0.367 e. The van der Waals surface area contributed by atoms with Crippen LogP contribution in [0.4, 0.5) is 5.82 Å². The first-order chi connectivity index (χ1) is 9.39. The van der Waals surface area contributed by atoms with Crippen molar-refractivity contribution in [1.82, 2.24) is 9.97 Å². The molecule has 20 heavy (non-hydrogen) atoms. The molecule has 0 saturated heterocycles. The van der Waals surface area contributed by atoms with Gasteiger partial charge >= 0.3 is 0 Å². The second kappa shape index (κ2) is 6.05. The number of sulfone groups is 1. The van der Waals surface area contributed by atoms with Crippen LogP contribution in [0.15, 0.2) is 11.4 Å². The van der Waals surface area contributed by atoms with Crippen molar-refractivity contribution in [3.63, 3.8) is 0 Å². The second-order valence-corrected chi connectivity index (χ2v) is 8.10. The van der Waals surface area contributed by atoms with Gasteiger partial charge in [0.15, 0.2) is 0 Å². The van der Waals surface area contributed by atoms with Gasteiger partial charge in [-0.1, -0.05) is 6.92 Å². The van der Waals surface area contributed by atoms with Crippen LogP contribution in [0.1, 0.15) is 26.1 Å². The lowest BCUT2D eigenvalue weighted by atomic mass is 10.2. The Labute approximate surface area is 123 Å². The maximum Gasteiger partial charge on any atom is 0.147 e. The second-order valence-electron chi connectivity index (χ2n) is 4.95. The van der Waals surface area contributed by atoms with Crippen LogP contribution in [0.5, 0.6) is 0 Å². The van der Waals surface area contributed by atoms with Gasteiger partial charge in [-0.3, -0.25) is 0 Å². The quantitative estimate of drug-likeness (QED) is 0.887. The van der Waals surface area contributed by atoms with Crippen molar-refractivity contribution in [3.8, 4) is 0 Å². The highest BCUT2D eigenvalue weighted by atomic mass is 32.2. The van der Waals surface area contributed by atoms with Crippen molar-refractivity contribution < 1.29 is 8.42 Å². The number of hydrogen-bond donors (Lipinski definition) is 1. The lowest BCUT2D eigenvalue weighted by molar-refractivity contribution is 0.595. The van der Waals surface area contributed by atoms with E-state index in [0.29, 0.717) is 6.42 Å². The van der Waals surface area contributed by atoms with E-state index in [4.69, 9.17) is 0 Å². The Morgan fingerprint density at radius 1 is 1.40 bits per heavy atom. The predicted octanol–water partition coefficient (Wildman–Crippen LogP) is 2.49. The highest BCUT2D eigenvalue weighted by molar-refractivity contribution is 7.90. The molecule has 2 rings (SSSR count). The average molecular weight is 313 g/mol. The summed E-state index contributed by atoms with van der Waals surface area (Å²) in [7, 11) is -2.93. The number of rotatable bonds is 6. The third kappa shape index (κ3) is 3.89. The SMILES string of the molecule is CCc1nc(NC(C)CCS(C)(=O)=O)c2ccsc2n1. The maximum absolute atomic E-state index is 11.2. The Morgan fingerprint density at radius 3 is 2.80 bits per heavy atom. The Morgan fingerprint density at radius 2 is 2.15 bits per heavy atom. The molecule has 2 aromatic rings. The van der Waals surface area contributed by atoms with Crippen molar-refractivity contribution in [1.29, 1.82) is 0 Å². The number of nitrogens with one attached hydrogen (secondary N) is 1. The van der Waals surface area contributed by atoms with Crippen LogP contribution in [0, 0.1) is 0 Å². The van der Waals surface area contributed by atoms with Gasteiger partial charge in [0.2, 0.25) is 0 Å². The first-order valence-corrected chi connectivity index (χ1v) is 9.51. The highest BCUT2D eigenvalue weighted by Gasteiger charge is 2.12. The predicted molar refractivity (Wildman–Crippen MR) is 84.2 cm³/mol. The topological polar surface area (TPSA) is 72.0 Å². The van der Waals surface area contributed by atoms with E-state index in [9.17, 15) is 8.42 Å². The molecule has 2 aromatic heterocycles. The molecule has 0 aliphatic rings. The van der Waals surface area contributed by atoms with Gasteiger partial charge in [-0.05, 0) is 24.8 Å². The molecule has 1 N–H and O–H groups in total. The molecule has 0 bridgehead atoms. The third-order valence-corrected chi connectivity index (χ3v) is 4.78. The Hall–Kier alpha value is -1.21. The number of aryl methyl sites for hydroxylation is 1. The van der Waals surface area contributed by atoms with Crippen LogP contribution >= 0.6 is 11.3 Å². The summed E-state index contributed by atoms with van der Waals surface area (Å²) in [6, 6.07) is 2.04. The Bertz CT molecular complexity index is 695. The molecule has 0 saturated carbocycles. The van der Waals surface area contributed by atoms with E-state index in [-0.39, 0.29) is 11.8 Å². The van der Waals surface area contributed by atoms with E-state index >= 15 is 0 Å². The van der Waals surface area contributed by atoms with Crippen LogP contribution in [0.2, 0.25) is 0 Å². The van der Waals surface area contributed by atoms with Gasteiger partial charge in [0.1, 0.15) is 26.3 Å². The summed E-state index contributed by atoms with van der Waals surface area (Å²) in [6.07, 6.45) is 2.60. The molecule has 1 unspecified atom stereocenters. The number of aromatic nitrogens is 2. The molecule has 0 radical (unpaired) electrons. The molecule has 110 valence electrons. The van der Waals surface area contributed by atoms with Crippen molar-refractivity contribution in [2.45, 2.75) is 32.7 Å². The van der Waals surface area contributed by atoms with Crippen LogP contribution < -0.4 is 5.32 Å². The molecule has 0 aromatic carbocycles. The molecule has 0 fully saturated rings. The summed E-state index contributed by atoms with van der Waals surface area (Å²) in [6.45, 7) is 3.99. The fourth-order valence-corrected chi connectivity index (χ4v) is 3.43. The zero-order chi connectivity index (χ0) is 14.8. The zero-order valence-electron chi connectivity index (χ0n) is 11.9. The van der Waals surface area contributed by atoms with Gasteiger partial charge in [0.05, 0.1) is 11.1 Å². The summed E-state index contributed by atoms with van der Waals surface area (Å²) in [5, 5.41) is 6.30. The fraction of sp³-hybridized carbons (Fsp3) is 0.538. The van der Waals surface area contributed by atoms with Crippen LogP contribution in [-0.4, -0.2) is 36.4 Å². The molecule has 0 aliphatic heterocycles. The summed E-state index contributed by atoms with van der Waals surface area (Å²) in [5.41, 5.74) is 0. The monoisotopic (exact) mass is 313 g/mol. The van der Waals surface area contributed by atoms with E-state index in [2.05, 4.69) is 15.3 Å². The largest absolute Gasteiger partial charge is 0.367 e.